The molecule has 1 aromatic heterocycles. The van der Waals surface area contributed by atoms with Gasteiger partial charge in [0.2, 0.25) is 0 Å². The number of amides is 2. The molecule has 2 atom stereocenters. The highest BCUT2D eigenvalue weighted by atomic mass is 32.1. The van der Waals surface area contributed by atoms with Crippen LogP contribution in [0, 0.1) is 17.2 Å². The van der Waals surface area contributed by atoms with Crippen molar-refractivity contribution in [2.45, 2.75) is 38.1 Å². The predicted octanol–water partition coefficient (Wildman–Crippen LogP) is 3.93. The largest absolute Gasteiger partial charge is 0.370 e. The van der Waals surface area contributed by atoms with Crippen molar-refractivity contribution in [3.8, 4) is 6.07 Å². The van der Waals surface area contributed by atoms with Crippen LogP contribution < -0.4 is 0 Å². The molecular formula is C27H30N4O2S. The van der Waals surface area contributed by atoms with Crippen LogP contribution in [0.3, 0.4) is 0 Å². The molecule has 7 heteroatoms. The summed E-state index contributed by atoms with van der Waals surface area (Å²) in [6.07, 6.45) is 5.04. The van der Waals surface area contributed by atoms with Gasteiger partial charge in [0.05, 0.1) is 4.88 Å². The van der Waals surface area contributed by atoms with Crippen LogP contribution in [-0.4, -0.2) is 65.3 Å². The van der Waals surface area contributed by atoms with Crippen molar-refractivity contribution in [2.24, 2.45) is 5.92 Å². The molecule has 5 rings (SSSR count). The number of nitrogens with zero attached hydrogens (tertiary/aromatic N) is 4. The number of hydrogen-bond donors (Lipinski definition) is 0. The Bertz CT molecular complexity index is 1100. The van der Waals surface area contributed by atoms with Crippen molar-refractivity contribution in [1.29, 1.82) is 5.26 Å². The zero-order chi connectivity index (χ0) is 23.5. The molecule has 2 aromatic rings. The second-order valence-electron chi connectivity index (χ2n) is 9.32. The first-order valence-electron chi connectivity index (χ1n) is 12.2. The molecule has 1 aromatic carbocycles. The van der Waals surface area contributed by atoms with E-state index in [1.807, 2.05) is 45.5 Å². The van der Waals surface area contributed by atoms with Crippen molar-refractivity contribution < 1.29 is 9.59 Å². The molecule has 1 saturated heterocycles. The molecule has 2 aliphatic heterocycles. The lowest BCUT2D eigenvalue weighted by Crippen LogP contribution is -2.56. The number of rotatable bonds is 5. The summed E-state index contributed by atoms with van der Waals surface area (Å²) in [5, 5.41) is 12.0. The molecule has 0 radical (unpaired) electrons. The minimum Gasteiger partial charge on any atom is -0.370 e. The average Bonchev–Trinajstić information content (AvgIpc) is 3.43. The highest BCUT2D eigenvalue weighted by Crippen LogP contribution is 2.41. The Morgan fingerprint density at radius 2 is 1.79 bits per heavy atom. The second-order valence-corrected chi connectivity index (χ2v) is 10.3. The third-order valence-electron chi connectivity index (χ3n) is 7.45. The van der Waals surface area contributed by atoms with Gasteiger partial charge in [-0.25, -0.2) is 0 Å². The summed E-state index contributed by atoms with van der Waals surface area (Å²) in [7, 11) is 0. The van der Waals surface area contributed by atoms with Crippen molar-refractivity contribution in [3.05, 3.63) is 69.6 Å². The minimum atomic E-state index is -0.117. The Morgan fingerprint density at radius 1 is 1.03 bits per heavy atom. The number of fused-ring (bicyclic) bond motifs is 1. The number of thiophene rings is 1. The van der Waals surface area contributed by atoms with Gasteiger partial charge in [-0.3, -0.25) is 9.59 Å². The van der Waals surface area contributed by atoms with E-state index in [4.69, 9.17) is 0 Å². The summed E-state index contributed by atoms with van der Waals surface area (Å²) >= 11 is 1.47. The van der Waals surface area contributed by atoms with E-state index in [0.29, 0.717) is 38.3 Å². The smallest absolute Gasteiger partial charge is 0.266 e. The molecule has 3 heterocycles. The standard InChI is InChI=1S/C27H30N4O2S/c28-19-22-25(29-14-16-30(17-15-29)27(33)24-11-6-18-34-24)21-9-4-5-10-23(21)31(26(22)32)13-12-20-7-2-1-3-8-20/h1-3,6-8,11,18,21,23H,4-5,9-10,12-17H2. The van der Waals surface area contributed by atoms with Gasteiger partial charge in [-0.2, -0.15) is 5.26 Å². The topological polar surface area (TPSA) is 67.7 Å². The van der Waals surface area contributed by atoms with Gasteiger partial charge >= 0.3 is 0 Å². The molecular weight excluding hydrogens is 444 g/mol. The highest BCUT2D eigenvalue weighted by Gasteiger charge is 2.44. The van der Waals surface area contributed by atoms with Gasteiger partial charge in [-0.1, -0.05) is 49.2 Å². The minimum absolute atomic E-state index is 0.0755. The van der Waals surface area contributed by atoms with Crippen LogP contribution >= 0.6 is 11.3 Å². The van der Waals surface area contributed by atoms with E-state index >= 15 is 0 Å². The predicted molar refractivity (Wildman–Crippen MR) is 132 cm³/mol. The quantitative estimate of drug-likeness (QED) is 0.659. The first-order valence-corrected chi connectivity index (χ1v) is 13.1. The fraction of sp³-hybridized carbons (Fsp3) is 0.444. The lowest BCUT2D eigenvalue weighted by Gasteiger charge is -2.49. The van der Waals surface area contributed by atoms with Gasteiger partial charge in [0, 0.05) is 50.4 Å². The van der Waals surface area contributed by atoms with Gasteiger partial charge in [0.15, 0.2) is 0 Å². The summed E-state index contributed by atoms with van der Waals surface area (Å²) < 4.78 is 0. The third kappa shape index (κ3) is 4.35. The van der Waals surface area contributed by atoms with E-state index in [1.54, 1.807) is 0 Å². The Kier molecular flexibility index (Phi) is 6.68. The number of benzene rings is 1. The molecule has 3 aliphatic rings. The Hall–Kier alpha value is -3.11. The maximum absolute atomic E-state index is 13.6. The first-order chi connectivity index (χ1) is 16.7. The molecule has 0 bridgehead atoms. The van der Waals surface area contributed by atoms with Crippen molar-refractivity contribution in [1.82, 2.24) is 14.7 Å². The van der Waals surface area contributed by atoms with E-state index in [0.717, 1.165) is 42.7 Å². The summed E-state index contributed by atoms with van der Waals surface area (Å²) in [5.74, 6) is 0.164. The zero-order valence-electron chi connectivity index (χ0n) is 19.4. The van der Waals surface area contributed by atoms with E-state index in [-0.39, 0.29) is 23.8 Å². The number of piperazine rings is 1. The van der Waals surface area contributed by atoms with Gasteiger partial charge < -0.3 is 14.7 Å². The van der Waals surface area contributed by atoms with Crippen LogP contribution in [0.2, 0.25) is 0 Å². The second kappa shape index (κ2) is 10.0. The Labute approximate surface area is 205 Å². The van der Waals surface area contributed by atoms with Gasteiger partial charge in [0.25, 0.3) is 11.8 Å². The number of nitriles is 1. The van der Waals surface area contributed by atoms with Crippen molar-refractivity contribution >= 4 is 23.2 Å². The Morgan fingerprint density at radius 3 is 2.50 bits per heavy atom. The van der Waals surface area contributed by atoms with Crippen LogP contribution in [0.1, 0.15) is 40.9 Å². The fourth-order valence-electron chi connectivity index (χ4n) is 5.76. The van der Waals surface area contributed by atoms with Crippen LogP contribution in [0.5, 0.6) is 0 Å². The average molecular weight is 475 g/mol. The van der Waals surface area contributed by atoms with Gasteiger partial charge in [-0.05, 0) is 36.3 Å². The van der Waals surface area contributed by atoms with E-state index in [9.17, 15) is 14.9 Å². The van der Waals surface area contributed by atoms with E-state index < -0.39 is 0 Å². The molecule has 1 saturated carbocycles. The summed E-state index contributed by atoms with van der Waals surface area (Å²) in [6, 6.07) is 16.5. The SMILES string of the molecule is N#CC1=C(N2CCN(C(=O)c3cccs3)CC2)C2CCCCC2N(CCc2ccccc2)C1=O. The molecule has 2 fully saturated rings. The molecule has 6 nitrogen and oxygen atoms in total. The lowest BCUT2D eigenvalue weighted by atomic mass is 9.76. The number of carbonyl (C=O) groups is 2. The van der Waals surface area contributed by atoms with Crippen LogP contribution in [-0.2, 0) is 11.2 Å². The van der Waals surface area contributed by atoms with Gasteiger partial charge in [-0.15, -0.1) is 11.3 Å². The summed E-state index contributed by atoms with van der Waals surface area (Å²) in [6.45, 7) is 3.20. The van der Waals surface area contributed by atoms with Crippen molar-refractivity contribution in [3.63, 3.8) is 0 Å². The normalized spacial score (nSPS) is 23.0. The van der Waals surface area contributed by atoms with Gasteiger partial charge in [0.1, 0.15) is 11.6 Å². The molecule has 34 heavy (non-hydrogen) atoms. The lowest BCUT2D eigenvalue weighted by molar-refractivity contribution is -0.132. The zero-order valence-corrected chi connectivity index (χ0v) is 20.2. The van der Waals surface area contributed by atoms with Crippen LogP contribution in [0.25, 0.3) is 0 Å². The summed E-state index contributed by atoms with van der Waals surface area (Å²) in [4.78, 5) is 33.2. The number of carbonyl (C=O) groups excluding carboxylic acids is 2. The number of hydrogen-bond acceptors (Lipinski definition) is 5. The molecule has 2 amide bonds. The van der Waals surface area contributed by atoms with Crippen LogP contribution in [0.15, 0.2) is 59.1 Å². The molecule has 0 spiro atoms. The monoisotopic (exact) mass is 474 g/mol. The van der Waals surface area contributed by atoms with Crippen molar-refractivity contribution in [2.75, 3.05) is 32.7 Å². The Balaban J connectivity index is 1.35. The summed E-state index contributed by atoms with van der Waals surface area (Å²) in [5.41, 5.74) is 2.47. The molecule has 2 unspecified atom stereocenters. The molecule has 0 N–H and O–H groups in total. The molecule has 1 aliphatic carbocycles. The van der Waals surface area contributed by atoms with E-state index in [1.165, 1.54) is 16.9 Å². The maximum Gasteiger partial charge on any atom is 0.266 e. The highest BCUT2D eigenvalue weighted by molar-refractivity contribution is 7.12. The first kappa shape index (κ1) is 22.7. The third-order valence-corrected chi connectivity index (χ3v) is 8.31. The molecule has 176 valence electrons. The van der Waals surface area contributed by atoms with Crippen LogP contribution in [0.4, 0.5) is 0 Å². The fourth-order valence-corrected chi connectivity index (χ4v) is 6.45. The maximum atomic E-state index is 13.6. The van der Waals surface area contributed by atoms with E-state index in [2.05, 4.69) is 23.1 Å².